The van der Waals surface area contributed by atoms with Crippen LogP contribution in [0.4, 0.5) is 10.5 Å². The van der Waals surface area contributed by atoms with Crippen molar-refractivity contribution in [3.05, 3.63) is 65.2 Å². The molecule has 2 rings (SSSR count). The number of rotatable bonds is 2. The minimum Gasteiger partial charge on any atom is -0.307 e. The molecule has 0 aliphatic rings. The Morgan fingerprint density at radius 1 is 0.857 bits per heavy atom. The fourth-order valence-corrected chi connectivity index (χ4v) is 1.75. The van der Waals surface area contributed by atoms with E-state index in [-0.39, 0.29) is 5.91 Å². The summed E-state index contributed by atoms with van der Waals surface area (Å²) in [5.74, 6) is -0.360. The van der Waals surface area contributed by atoms with Crippen LogP contribution in [-0.4, -0.2) is 11.9 Å². The number of nitrogens with one attached hydrogen (secondary N) is 3. The molecule has 2 aromatic rings. The van der Waals surface area contributed by atoms with Gasteiger partial charge in [-0.25, -0.2) is 10.2 Å². The molecule has 5 nitrogen and oxygen atoms in total. The van der Waals surface area contributed by atoms with Gasteiger partial charge in [-0.1, -0.05) is 24.3 Å². The molecule has 0 aliphatic carbocycles. The van der Waals surface area contributed by atoms with Crippen LogP contribution in [0, 0.1) is 13.8 Å². The van der Waals surface area contributed by atoms with Crippen molar-refractivity contribution in [3.63, 3.8) is 0 Å². The highest BCUT2D eigenvalue weighted by Crippen LogP contribution is 2.09. The van der Waals surface area contributed by atoms with E-state index in [2.05, 4.69) is 16.2 Å². The van der Waals surface area contributed by atoms with E-state index in [1.807, 2.05) is 38.1 Å². The number of hydrogen-bond donors (Lipinski definition) is 3. The first-order valence-corrected chi connectivity index (χ1v) is 6.56. The zero-order valence-electron chi connectivity index (χ0n) is 11.9. The van der Waals surface area contributed by atoms with Crippen molar-refractivity contribution in [2.75, 3.05) is 5.32 Å². The van der Waals surface area contributed by atoms with Crippen molar-refractivity contribution >= 4 is 17.6 Å². The van der Waals surface area contributed by atoms with E-state index in [0.29, 0.717) is 11.3 Å². The fraction of sp³-hybridized carbons (Fsp3) is 0.125. The lowest BCUT2D eigenvalue weighted by Crippen LogP contribution is -2.43. The second-order valence-corrected chi connectivity index (χ2v) is 4.70. The highest BCUT2D eigenvalue weighted by atomic mass is 16.2. The van der Waals surface area contributed by atoms with Crippen LogP contribution in [0.3, 0.4) is 0 Å². The zero-order valence-corrected chi connectivity index (χ0v) is 11.9. The zero-order chi connectivity index (χ0) is 15.2. The summed E-state index contributed by atoms with van der Waals surface area (Å²) >= 11 is 0. The van der Waals surface area contributed by atoms with E-state index in [1.165, 1.54) is 0 Å². The highest BCUT2D eigenvalue weighted by molar-refractivity contribution is 5.97. The molecule has 0 atom stereocenters. The third-order valence-electron chi connectivity index (χ3n) is 3.09. The first-order valence-electron chi connectivity index (χ1n) is 6.56. The van der Waals surface area contributed by atoms with E-state index in [1.54, 1.807) is 24.3 Å². The summed E-state index contributed by atoms with van der Waals surface area (Å²) in [6.07, 6.45) is 0. The summed E-state index contributed by atoms with van der Waals surface area (Å²) in [4.78, 5) is 23.5. The molecule has 0 unspecified atom stereocenters. The number of hydrogen-bond acceptors (Lipinski definition) is 2. The van der Waals surface area contributed by atoms with Gasteiger partial charge in [-0.2, -0.15) is 0 Å². The normalized spacial score (nSPS) is 9.81. The van der Waals surface area contributed by atoms with Crippen LogP contribution in [0.5, 0.6) is 0 Å². The monoisotopic (exact) mass is 283 g/mol. The summed E-state index contributed by atoms with van der Waals surface area (Å²) in [7, 11) is 0. The molecule has 0 aliphatic heterocycles. The van der Waals surface area contributed by atoms with Crippen molar-refractivity contribution in [2.24, 2.45) is 0 Å². The van der Waals surface area contributed by atoms with Gasteiger partial charge in [0.25, 0.3) is 5.91 Å². The van der Waals surface area contributed by atoms with Crippen LogP contribution in [0.25, 0.3) is 0 Å². The molecule has 0 heterocycles. The Kier molecular flexibility index (Phi) is 4.56. The smallest absolute Gasteiger partial charge is 0.307 e. The van der Waals surface area contributed by atoms with Gasteiger partial charge in [-0.15, -0.1) is 0 Å². The fourth-order valence-electron chi connectivity index (χ4n) is 1.75. The standard InChI is InChI=1S/C16H17N3O2/c1-11-8-9-13(10-12(11)2)15(20)18-19-16(21)17-14-6-4-3-5-7-14/h3-10H,1-2H3,(H,18,20)(H2,17,19,21). The predicted molar refractivity (Wildman–Crippen MR) is 82.0 cm³/mol. The Hall–Kier alpha value is -2.82. The molecule has 3 amide bonds. The maximum Gasteiger partial charge on any atom is 0.337 e. The molecular formula is C16H17N3O2. The summed E-state index contributed by atoms with van der Waals surface area (Å²) in [6.45, 7) is 3.91. The Morgan fingerprint density at radius 2 is 1.57 bits per heavy atom. The maximum absolute atomic E-state index is 11.9. The van der Waals surface area contributed by atoms with Crippen LogP contribution in [0.15, 0.2) is 48.5 Å². The van der Waals surface area contributed by atoms with Crippen LogP contribution >= 0.6 is 0 Å². The molecule has 0 spiro atoms. The molecule has 2 aromatic carbocycles. The molecule has 21 heavy (non-hydrogen) atoms. The van der Waals surface area contributed by atoms with Gasteiger partial charge in [0.15, 0.2) is 0 Å². The van der Waals surface area contributed by atoms with E-state index in [9.17, 15) is 9.59 Å². The number of amides is 3. The van der Waals surface area contributed by atoms with Crippen LogP contribution in [-0.2, 0) is 0 Å². The summed E-state index contributed by atoms with van der Waals surface area (Å²) in [5.41, 5.74) is 7.96. The van der Waals surface area contributed by atoms with Crippen LogP contribution in [0.1, 0.15) is 21.5 Å². The topological polar surface area (TPSA) is 70.2 Å². The number of carbonyl (C=O) groups is 2. The van der Waals surface area contributed by atoms with Gasteiger partial charge in [0, 0.05) is 11.3 Å². The predicted octanol–water partition coefficient (Wildman–Crippen LogP) is 2.77. The SMILES string of the molecule is Cc1ccc(C(=O)NNC(=O)Nc2ccccc2)cc1C. The van der Waals surface area contributed by atoms with Gasteiger partial charge in [-0.05, 0) is 49.2 Å². The average Bonchev–Trinajstić information content (AvgIpc) is 2.48. The molecule has 0 bridgehead atoms. The van der Waals surface area contributed by atoms with E-state index >= 15 is 0 Å². The molecule has 0 fully saturated rings. The number of carbonyl (C=O) groups excluding carboxylic acids is 2. The second-order valence-electron chi connectivity index (χ2n) is 4.70. The van der Waals surface area contributed by atoms with E-state index < -0.39 is 6.03 Å². The number of para-hydroxylation sites is 1. The molecule has 0 aromatic heterocycles. The van der Waals surface area contributed by atoms with Gasteiger partial charge in [0.05, 0.1) is 0 Å². The highest BCUT2D eigenvalue weighted by Gasteiger charge is 2.08. The molecule has 0 saturated heterocycles. The minimum atomic E-state index is -0.501. The van der Waals surface area contributed by atoms with Crippen molar-refractivity contribution in [2.45, 2.75) is 13.8 Å². The van der Waals surface area contributed by atoms with Crippen LogP contribution in [0.2, 0.25) is 0 Å². The average molecular weight is 283 g/mol. The first kappa shape index (κ1) is 14.6. The summed E-state index contributed by atoms with van der Waals surface area (Å²) in [6, 6.07) is 13.8. The van der Waals surface area contributed by atoms with Gasteiger partial charge in [0.1, 0.15) is 0 Å². The lowest BCUT2D eigenvalue weighted by Gasteiger charge is -2.09. The summed E-state index contributed by atoms with van der Waals surface area (Å²) < 4.78 is 0. The number of benzene rings is 2. The lowest BCUT2D eigenvalue weighted by atomic mass is 10.1. The molecular weight excluding hydrogens is 266 g/mol. The lowest BCUT2D eigenvalue weighted by molar-refractivity contribution is 0.0938. The molecule has 5 heteroatoms. The van der Waals surface area contributed by atoms with Crippen molar-refractivity contribution in [3.8, 4) is 0 Å². The minimum absolute atomic E-state index is 0.360. The third-order valence-corrected chi connectivity index (χ3v) is 3.09. The number of urea groups is 1. The van der Waals surface area contributed by atoms with Gasteiger partial charge >= 0.3 is 6.03 Å². The number of hydrazine groups is 1. The number of aryl methyl sites for hydroxylation is 2. The Labute approximate surface area is 123 Å². The Morgan fingerprint density at radius 3 is 2.24 bits per heavy atom. The second kappa shape index (κ2) is 6.56. The van der Waals surface area contributed by atoms with Gasteiger partial charge < -0.3 is 5.32 Å². The first-order chi connectivity index (χ1) is 10.1. The van der Waals surface area contributed by atoms with Gasteiger partial charge in [-0.3, -0.25) is 10.2 Å². The molecule has 0 saturated carbocycles. The number of anilines is 1. The largest absolute Gasteiger partial charge is 0.337 e. The molecule has 108 valence electrons. The maximum atomic E-state index is 11.9. The van der Waals surface area contributed by atoms with Crippen LogP contribution < -0.4 is 16.2 Å². The van der Waals surface area contributed by atoms with Crippen molar-refractivity contribution in [1.29, 1.82) is 0 Å². The quantitative estimate of drug-likeness (QED) is 0.742. The van der Waals surface area contributed by atoms with Crippen molar-refractivity contribution < 1.29 is 9.59 Å². The Bertz CT molecular complexity index is 654. The third kappa shape index (κ3) is 4.07. The summed E-state index contributed by atoms with van der Waals surface area (Å²) in [5, 5.41) is 2.60. The van der Waals surface area contributed by atoms with E-state index in [4.69, 9.17) is 0 Å². The molecule has 0 radical (unpaired) electrons. The Balaban J connectivity index is 1.89. The van der Waals surface area contributed by atoms with E-state index in [0.717, 1.165) is 11.1 Å². The van der Waals surface area contributed by atoms with Crippen molar-refractivity contribution in [1.82, 2.24) is 10.9 Å². The molecule has 3 N–H and O–H groups in total. The van der Waals surface area contributed by atoms with Gasteiger partial charge in [0.2, 0.25) is 0 Å².